The molecule has 5 heteroatoms. The molecule has 34 heavy (non-hydrogen) atoms. The average molecular weight is 473 g/mol. The molecule has 0 N–H and O–H groups in total. The summed E-state index contributed by atoms with van der Waals surface area (Å²) in [5.41, 5.74) is 2.26. The van der Waals surface area contributed by atoms with Crippen LogP contribution in [0.15, 0.2) is 54.6 Å². The molecular weight excluding hydrogens is 440 g/mol. The van der Waals surface area contributed by atoms with Crippen LogP contribution in [0.3, 0.4) is 0 Å². The average Bonchev–Trinajstić information content (AvgIpc) is 2.87. The van der Waals surface area contributed by atoms with E-state index >= 15 is 4.39 Å². The van der Waals surface area contributed by atoms with Gasteiger partial charge in [0.2, 0.25) is 0 Å². The molecule has 182 valence electrons. The van der Waals surface area contributed by atoms with E-state index in [1.807, 2.05) is 12.1 Å². The Kier molecular flexibility index (Phi) is 7.92. The normalized spacial score (nSPS) is 25.4. The Balaban J connectivity index is 1.35. The maximum absolute atomic E-state index is 15.0. The van der Waals surface area contributed by atoms with Crippen LogP contribution < -0.4 is 0 Å². The van der Waals surface area contributed by atoms with E-state index in [4.69, 9.17) is 4.74 Å². The Morgan fingerprint density at radius 3 is 2.18 bits per heavy atom. The zero-order valence-corrected chi connectivity index (χ0v) is 19.6. The van der Waals surface area contributed by atoms with Crippen molar-refractivity contribution in [2.75, 3.05) is 7.11 Å². The number of methoxy groups -OCH3 is 1. The first kappa shape index (κ1) is 24.7. The Bertz CT molecular complexity index is 1030. The van der Waals surface area contributed by atoms with Gasteiger partial charge in [0.25, 0.3) is 0 Å². The summed E-state index contributed by atoms with van der Waals surface area (Å²) < 4.78 is 63.3. The summed E-state index contributed by atoms with van der Waals surface area (Å²) in [5, 5.41) is 0. The lowest BCUT2D eigenvalue weighted by atomic mass is 9.75. The highest BCUT2D eigenvalue weighted by Gasteiger charge is 2.32. The van der Waals surface area contributed by atoms with Crippen molar-refractivity contribution in [3.05, 3.63) is 77.4 Å². The minimum absolute atomic E-state index is 0.0193. The predicted molar refractivity (Wildman–Crippen MR) is 129 cm³/mol. The lowest BCUT2D eigenvalue weighted by Crippen LogP contribution is -2.23. The summed E-state index contributed by atoms with van der Waals surface area (Å²) in [6.45, 7) is 3.71. The Labute approximate surface area is 199 Å². The lowest BCUT2D eigenvalue weighted by Gasteiger charge is -2.31. The summed E-state index contributed by atoms with van der Waals surface area (Å²) in [7, 11) is 1.40. The second kappa shape index (κ2) is 10.9. The molecule has 2 unspecified atom stereocenters. The molecule has 0 heterocycles. The third kappa shape index (κ3) is 5.14. The molecule has 0 radical (unpaired) electrons. The zero-order valence-electron chi connectivity index (χ0n) is 19.6. The van der Waals surface area contributed by atoms with Gasteiger partial charge in [-0.2, -0.15) is 0 Å². The number of ether oxygens (including phenoxy) is 1. The second-order valence-electron chi connectivity index (χ2n) is 9.65. The molecule has 0 aliphatic heterocycles. The molecule has 2 aliphatic rings. The van der Waals surface area contributed by atoms with E-state index in [2.05, 4.69) is 6.58 Å². The van der Waals surface area contributed by atoms with Crippen LogP contribution in [0, 0.1) is 23.5 Å². The Hall–Kier alpha value is -2.40. The highest BCUT2D eigenvalue weighted by molar-refractivity contribution is 5.66. The molecule has 0 spiro atoms. The summed E-state index contributed by atoms with van der Waals surface area (Å²) in [4.78, 5) is 0. The molecule has 0 amide bonds. The molecule has 1 saturated carbocycles. The van der Waals surface area contributed by atoms with Crippen LogP contribution in [0.25, 0.3) is 17.2 Å². The van der Waals surface area contributed by atoms with Crippen molar-refractivity contribution >= 4 is 6.08 Å². The zero-order chi connectivity index (χ0) is 24.2. The fraction of sp³-hybridized carbons (Fsp3) is 0.448. The van der Waals surface area contributed by atoms with Crippen molar-refractivity contribution < 1.29 is 22.3 Å². The third-order valence-electron chi connectivity index (χ3n) is 7.71. The fourth-order valence-electron chi connectivity index (χ4n) is 5.55. The number of rotatable bonds is 7. The molecule has 0 aromatic heterocycles. The predicted octanol–water partition coefficient (Wildman–Crippen LogP) is 8.90. The molecule has 2 aliphatic carbocycles. The van der Waals surface area contributed by atoms with E-state index in [0.29, 0.717) is 36.3 Å². The molecule has 2 atom stereocenters. The van der Waals surface area contributed by atoms with Crippen molar-refractivity contribution in [2.24, 2.45) is 11.8 Å². The third-order valence-corrected chi connectivity index (χ3v) is 7.71. The van der Waals surface area contributed by atoms with Crippen LogP contribution in [-0.2, 0) is 4.74 Å². The van der Waals surface area contributed by atoms with Gasteiger partial charge in [0.05, 0.1) is 0 Å². The first-order valence-electron chi connectivity index (χ1n) is 12.2. The first-order chi connectivity index (χ1) is 16.4. The summed E-state index contributed by atoms with van der Waals surface area (Å²) >= 11 is 0. The van der Waals surface area contributed by atoms with Crippen molar-refractivity contribution in [3.8, 4) is 11.1 Å². The monoisotopic (exact) mass is 472 g/mol. The van der Waals surface area contributed by atoms with Crippen molar-refractivity contribution in [2.45, 2.75) is 63.4 Å². The Morgan fingerprint density at radius 2 is 1.53 bits per heavy atom. The van der Waals surface area contributed by atoms with Gasteiger partial charge in [0.15, 0.2) is 17.5 Å². The van der Waals surface area contributed by atoms with E-state index in [-0.39, 0.29) is 17.4 Å². The number of hydrogen-bond donors (Lipinski definition) is 0. The van der Waals surface area contributed by atoms with E-state index in [1.54, 1.807) is 30.3 Å². The maximum atomic E-state index is 15.0. The highest BCUT2D eigenvalue weighted by atomic mass is 19.2. The Morgan fingerprint density at radius 1 is 0.824 bits per heavy atom. The largest absolute Gasteiger partial charge is 0.374 e. The van der Waals surface area contributed by atoms with E-state index in [9.17, 15) is 13.2 Å². The molecule has 2 aromatic rings. The highest BCUT2D eigenvalue weighted by Crippen LogP contribution is 2.42. The van der Waals surface area contributed by atoms with Crippen LogP contribution in [0.1, 0.15) is 68.4 Å². The summed E-state index contributed by atoms with van der Waals surface area (Å²) in [6.07, 6.45) is 6.83. The topological polar surface area (TPSA) is 9.23 Å². The molecule has 4 rings (SSSR count). The van der Waals surface area contributed by atoms with Gasteiger partial charge in [-0.1, -0.05) is 49.1 Å². The van der Waals surface area contributed by atoms with Crippen LogP contribution >= 0.6 is 0 Å². The molecule has 2 aromatic carbocycles. The second-order valence-corrected chi connectivity index (χ2v) is 9.65. The maximum Gasteiger partial charge on any atom is 0.166 e. The van der Waals surface area contributed by atoms with Gasteiger partial charge in [-0.25, -0.2) is 17.6 Å². The quantitative estimate of drug-likeness (QED) is 0.366. The number of benzene rings is 2. The van der Waals surface area contributed by atoms with Gasteiger partial charge in [-0.3, -0.25) is 0 Å². The van der Waals surface area contributed by atoms with Crippen molar-refractivity contribution in [3.63, 3.8) is 0 Å². The van der Waals surface area contributed by atoms with Crippen LogP contribution in [-0.4, -0.2) is 13.2 Å². The van der Waals surface area contributed by atoms with Gasteiger partial charge < -0.3 is 4.74 Å². The molecular formula is C29H32F4O. The van der Waals surface area contributed by atoms with Gasteiger partial charge in [-0.05, 0) is 79.9 Å². The number of allylic oxidation sites excluding steroid dienone is 1. The number of hydrogen-bond acceptors (Lipinski definition) is 1. The van der Waals surface area contributed by atoms with Crippen molar-refractivity contribution in [1.82, 2.24) is 0 Å². The lowest BCUT2D eigenvalue weighted by molar-refractivity contribution is 0.0801. The van der Waals surface area contributed by atoms with Crippen LogP contribution in [0.2, 0.25) is 0 Å². The summed E-state index contributed by atoms with van der Waals surface area (Å²) in [6, 6.07) is 10.6. The SMILES string of the molecule is C=Cc1ccc(-c2ccc(C3CCC(CCC4CCC(OC)C(F)=C4F)CC3)c(F)c2F)cc1. The van der Waals surface area contributed by atoms with Gasteiger partial charge in [0.1, 0.15) is 11.9 Å². The van der Waals surface area contributed by atoms with E-state index in [1.165, 1.54) is 7.11 Å². The van der Waals surface area contributed by atoms with Crippen LogP contribution in [0.4, 0.5) is 17.6 Å². The smallest absolute Gasteiger partial charge is 0.166 e. The molecule has 1 fully saturated rings. The van der Waals surface area contributed by atoms with Gasteiger partial charge >= 0.3 is 0 Å². The number of halogens is 4. The minimum Gasteiger partial charge on any atom is -0.374 e. The fourth-order valence-corrected chi connectivity index (χ4v) is 5.55. The van der Waals surface area contributed by atoms with Crippen LogP contribution in [0.5, 0.6) is 0 Å². The van der Waals surface area contributed by atoms with E-state index in [0.717, 1.165) is 37.7 Å². The van der Waals surface area contributed by atoms with Gasteiger partial charge in [0, 0.05) is 18.6 Å². The van der Waals surface area contributed by atoms with E-state index < -0.39 is 29.4 Å². The standard InChI is InChI=1S/C29H32F4O/c1-3-18-4-9-20(10-5-18)23-15-16-24(28(32)27(23)31)21-11-6-19(7-12-21)8-13-22-14-17-25(34-2)29(33)26(22)30/h3-5,9-10,15-16,19,21-22,25H,1,6-8,11-14,17H2,2H3. The van der Waals surface area contributed by atoms with Gasteiger partial charge in [-0.15, -0.1) is 0 Å². The minimum atomic E-state index is -0.804. The summed E-state index contributed by atoms with van der Waals surface area (Å²) in [5.74, 6) is -2.95. The molecule has 0 bridgehead atoms. The molecule has 1 nitrogen and oxygen atoms in total. The molecule has 0 saturated heterocycles. The van der Waals surface area contributed by atoms with Crippen molar-refractivity contribution in [1.29, 1.82) is 0 Å². The first-order valence-corrected chi connectivity index (χ1v) is 12.2.